The summed E-state index contributed by atoms with van der Waals surface area (Å²) in [4.78, 5) is 14.3. The molecule has 1 aromatic heterocycles. The van der Waals surface area contributed by atoms with Crippen LogP contribution in [0.2, 0.25) is 0 Å². The fourth-order valence-electron chi connectivity index (χ4n) is 3.48. The van der Waals surface area contributed by atoms with Crippen molar-refractivity contribution in [1.29, 1.82) is 0 Å². The van der Waals surface area contributed by atoms with E-state index in [9.17, 15) is 13.2 Å². The summed E-state index contributed by atoms with van der Waals surface area (Å²) in [6.45, 7) is 2.59. The Morgan fingerprint density at radius 2 is 2.08 bits per heavy atom. The van der Waals surface area contributed by atoms with Crippen LogP contribution in [0.1, 0.15) is 37.5 Å². The van der Waals surface area contributed by atoms with E-state index in [2.05, 4.69) is 6.92 Å². The molecule has 1 saturated heterocycles. The second kappa shape index (κ2) is 7.20. The summed E-state index contributed by atoms with van der Waals surface area (Å²) in [7, 11) is -1.31. The number of hydrogen-bond donors (Lipinski definition) is 0. The van der Waals surface area contributed by atoms with Gasteiger partial charge in [0.25, 0.3) is 0 Å². The van der Waals surface area contributed by atoms with E-state index >= 15 is 0 Å². The minimum absolute atomic E-state index is 0.0228. The van der Waals surface area contributed by atoms with Crippen LogP contribution in [0, 0.1) is 5.92 Å². The first-order valence-electron chi connectivity index (χ1n) is 8.86. The van der Waals surface area contributed by atoms with Gasteiger partial charge in [-0.3, -0.25) is 4.79 Å². The Hall–Kier alpha value is -1.82. The molecule has 1 aliphatic heterocycles. The van der Waals surface area contributed by atoms with E-state index in [1.54, 1.807) is 11.9 Å². The van der Waals surface area contributed by atoms with E-state index in [4.69, 9.17) is 4.42 Å². The zero-order chi connectivity index (χ0) is 18.0. The fourth-order valence-corrected chi connectivity index (χ4v) is 5.21. The van der Waals surface area contributed by atoms with Gasteiger partial charge in [-0.2, -0.15) is 0 Å². The number of unbranched alkanes of at least 4 members (excludes halogenated alkanes) is 1. The third kappa shape index (κ3) is 3.89. The van der Waals surface area contributed by atoms with Crippen LogP contribution in [0.25, 0.3) is 11.0 Å². The predicted molar refractivity (Wildman–Crippen MR) is 98.1 cm³/mol. The van der Waals surface area contributed by atoms with Gasteiger partial charge in [0.05, 0.1) is 17.4 Å². The van der Waals surface area contributed by atoms with E-state index < -0.39 is 15.8 Å². The maximum absolute atomic E-state index is 12.7. The molecule has 0 radical (unpaired) electrons. The van der Waals surface area contributed by atoms with Crippen molar-refractivity contribution in [1.82, 2.24) is 4.90 Å². The second-order valence-electron chi connectivity index (χ2n) is 6.90. The molecule has 2 heterocycles. The Labute approximate surface area is 148 Å². The molecule has 1 aromatic carbocycles. The molecule has 0 aliphatic carbocycles. The summed E-state index contributed by atoms with van der Waals surface area (Å²) in [5.74, 6) is 0.528. The van der Waals surface area contributed by atoms with Crippen LogP contribution in [0.4, 0.5) is 0 Å². The van der Waals surface area contributed by atoms with Crippen LogP contribution >= 0.6 is 0 Å². The summed E-state index contributed by atoms with van der Waals surface area (Å²) in [6, 6.07) is 7.87. The summed E-state index contributed by atoms with van der Waals surface area (Å²) >= 11 is 0. The van der Waals surface area contributed by atoms with Crippen LogP contribution in [0.15, 0.2) is 28.7 Å². The van der Waals surface area contributed by atoms with Crippen molar-refractivity contribution in [3.05, 3.63) is 35.6 Å². The molecule has 0 saturated carbocycles. The van der Waals surface area contributed by atoms with Gasteiger partial charge in [-0.15, -0.1) is 0 Å². The SMILES string of the molecule is CCCCc1oc2ccccc2c1CN(C)C(=O)C1CCS(=O)(=O)C1. The van der Waals surface area contributed by atoms with Gasteiger partial charge in [0.15, 0.2) is 9.84 Å². The van der Waals surface area contributed by atoms with Crippen molar-refractivity contribution in [3.63, 3.8) is 0 Å². The third-order valence-corrected chi connectivity index (χ3v) is 6.66. The number of rotatable bonds is 6. The van der Waals surface area contributed by atoms with Gasteiger partial charge in [-0.25, -0.2) is 8.42 Å². The molecule has 2 aromatic rings. The predicted octanol–water partition coefficient (Wildman–Crippen LogP) is 3.17. The lowest BCUT2D eigenvalue weighted by molar-refractivity contribution is -0.133. The smallest absolute Gasteiger partial charge is 0.226 e. The van der Waals surface area contributed by atoms with Crippen molar-refractivity contribution in [2.24, 2.45) is 5.92 Å². The molecule has 6 heteroatoms. The highest BCUT2D eigenvalue weighted by Gasteiger charge is 2.34. The van der Waals surface area contributed by atoms with Crippen LogP contribution in [0.5, 0.6) is 0 Å². The number of carbonyl (C=O) groups is 1. The van der Waals surface area contributed by atoms with Crippen LogP contribution in [-0.2, 0) is 27.6 Å². The van der Waals surface area contributed by atoms with Crippen molar-refractivity contribution >= 4 is 26.7 Å². The Morgan fingerprint density at radius 1 is 1.32 bits per heavy atom. The normalized spacial score (nSPS) is 19.4. The summed E-state index contributed by atoms with van der Waals surface area (Å²) in [5.41, 5.74) is 1.88. The van der Waals surface area contributed by atoms with Gasteiger partial charge in [0.2, 0.25) is 5.91 Å². The third-order valence-electron chi connectivity index (χ3n) is 4.89. The topological polar surface area (TPSA) is 67.6 Å². The van der Waals surface area contributed by atoms with E-state index in [-0.39, 0.29) is 17.4 Å². The first kappa shape index (κ1) is 18.0. The molecule has 1 fully saturated rings. The molecular formula is C19H25NO4S. The monoisotopic (exact) mass is 363 g/mol. The number of benzene rings is 1. The maximum atomic E-state index is 12.7. The van der Waals surface area contributed by atoms with Crippen molar-refractivity contribution in [3.8, 4) is 0 Å². The Bertz CT molecular complexity index is 869. The number of nitrogens with zero attached hydrogens (tertiary/aromatic N) is 1. The molecule has 0 bridgehead atoms. The van der Waals surface area contributed by atoms with E-state index in [1.807, 2.05) is 24.3 Å². The quantitative estimate of drug-likeness (QED) is 0.790. The molecule has 25 heavy (non-hydrogen) atoms. The average Bonchev–Trinajstić information content (AvgIpc) is 3.12. The van der Waals surface area contributed by atoms with Gasteiger partial charge < -0.3 is 9.32 Å². The molecule has 5 nitrogen and oxygen atoms in total. The van der Waals surface area contributed by atoms with Crippen molar-refractivity contribution < 1.29 is 17.6 Å². The number of furan rings is 1. The second-order valence-corrected chi connectivity index (χ2v) is 9.13. The Balaban J connectivity index is 1.82. The molecule has 1 aliphatic rings. The molecule has 0 N–H and O–H groups in total. The van der Waals surface area contributed by atoms with E-state index in [1.165, 1.54) is 0 Å². The molecular weight excluding hydrogens is 338 g/mol. The number of aryl methyl sites for hydroxylation is 1. The van der Waals surface area contributed by atoms with Crippen molar-refractivity contribution in [2.75, 3.05) is 18.6 Å². The van der Waals surface area contributed by atoms with Gasteiger partial charge in [-0.05, 0) is 18.9 Å². The first-order valence-corrected chi connectivity index (χ1v) is 10.7. The minimum atomic E-state index is -3.06. The largest absolute Gasteiger partial charge is 0.461 e. The molecule has 1 amide bonds. The van der Waals surface area contributed by atoms with Crippen LogP contribution in [-0.4, -0.2) is 37.8 Å². The van der Waals surface area contributed by atoms with E-state index in [0.717, 1.165) is 41.6 Å². The number of para-hydroxylation sites is 1. The highest BCUT2D eigenvalue weighted by atomic mass is 32.2. The zero-order valence-corrected chi connectivity index (χ0v) is 15.6. The summed E-state index contributed by atoms with van der Waals surface area (Å²) in [5, 5.41) is 1.03. The average molecular weight is 363 g/mol. The molecule has 0 spiro atoms. The maximum Gasteiger partial charge on any atom is 0.226 e. The highest BCUT2D eigenvalue weighted by molar-refractivity contribution is 7.91. The molecule has 3 rings (SSSR count). The first-order chi connectivity index (χ1) is 11.9. The number of hydrogen-bond acceptors (Lipinski definition) is 4. The van der Waals surface area contributed by atoms with Gasteiger partial charge in [0.1, 0.15) is 11.3 Å². The number of fused-ring (bicyclic) bond motifs is 1. The zero-order valence-electron chi connectivity index (χ0n) is 14.8. The van der Waals surface area contributed by atoms with Crippen molar-refractivity contribution in [2.45, 2.75) is 39.2 Å². The highest BCUT2D eigenvalue weighted by Crippen LogP contribution is 2.29. The number of carbonyl (C=O) groups excluding carboxylic acids is 1. The van der Waals surface area contributed by atoms with E-state index in [0.29, 0.717) is 13.0 Å². The fraction of sp³-hybridized carbons (Fsp3) is 0.526. The number of sulfone groups is 1. The van der Waals surface area contributed by atoms with Crippen LogP contribution in [0.3, 0.4) is 0 Å². The molecule has 1 atom stereocenters. The Kier molecular flexibility index (Phi) is 5.18. The summed E-state index contributed by atoms with van der Waals surface area (Å²) < 4.78 is 29.3. The summed E-state index contributed by atoms with van der Waals surface area (Å²) in [6.07, 6.45) is 3.39. The lowest BCUT2D eigenvalue weighted by atomic mass is 10.0. The molecule has 136 valence electrons. The van der Waals surface area contributed by atoms with Gasteiger partial charge in [0, 0.05) is 31.0 Å². The Morgan fingerprint density at radius 3 is 2.76 bits per heavy atom. The van der Waals surface area contributed by atoms with Gasteiger partial charge >= 0.3 is 0 Å². The molecule has 1 unspecified atom stereocenters. The standard InChI is InChI=1S/C19H25NO4S/c1-3-4-8-18-16(15-7-5-6-9-17(15)24-18)12-20(2)19(21)14-10-11-25(22,23)13-14/h5-7,9,14H,3-4,8,10-13H2,1-2H3. The lowest BCUT2D eigenvalue weighted by Crippen LogP contribution is -2.33. The lowest BCUT2D eigenvalue weighted by Gasteiger charge is -2.20. The van der Waals surface area contributed by atoms with Crippen LogP contribution < -0.4 is 0 Å². The number of amides is 1. The minimum Gasteiger partial charge on any atom is -0.461 e. The van der Waals surface area contributed by atoms with Gasteiger partial charge in [-0.1, -0.05) is 31.5 Å².